The third-order valence-electron chi connectivity index (χ3n) is 4.91. The van der Waals surface area contributed by atoms with Gasteiger partial charge in [0.25, 0.3) is 0 Å². The van der Waals surface area contributed by atoms with Crippen molar-refractivity contribution in [2.75, 3.05) is 25.1 Å². The van der Waals surface area contributed by atoms with Gasteiger partial charge in [-0.25, -0.2) is 4.79 Å². The summed E-state index contributed by atoms with van der Waals surface area (Å²) in [5.74, 6) is 0.479. The average molecular weight is 423 g/mol. The van der Waals surface area contributed by atoms with Crippen LogP contribution < -0.4 is 25.0 Å². The Hall–Kier alpha value is -3.10. The standard InChI is InChI=1S/C21H24F3N3O3/c1-29-18-8-6-17(7-9-18)27-12-10-16(11-13-27)26-20(28)25-14-15-4-2-3-5-19(15)30-21(22,23)24/h2-9,16H,10-14H2,1H3,(H2,25,26,28). The number of hydrogen-bond acceptors (Lipinski definition) is 4. The Bertz CT molecular complexity index is 835. The topological polar surface area (TPSA) is 62.8 Å². The number of piperidine rings is 1. The first kappa shape index (κ1) is 21.6. The number of methoxy groups -OCH3 is 1. The summed E-state index contributed by atoms with van der Waals surface area (Å²) in [5.41, 5.74) is 1.35. The van der Waals surface area contributed by atoms with Gasteiger partial charge in [0.15, 0.2) is 0 Å². The first-order valence-corrected chi connectivity index (χ1v) is 9.61. The fourth-order valence-electron chi connectivity index (χ4n) is 3.36. The number of amides is 2. The maximum absolute atomic E-state index is 12.5. The van der Waals surface area contributed by atoms with Crippen molar-refractivity contribution >= 4 is 11.7 Å². The summed E-state index contributed by atoms with van der Waals surface area (Å²) in [6.45, 7) is 1.52. The molecule has 1 aliphatic rings. The van der Waals surface area contributed by atoms with E-state index in [1.807, 2.05) is 24.3 Å². The van der Waals surface area contributed by atoms with Gasteiger partial charge in [-0.05, 0) is 43.2 Å². The highest BCUT2D eigenvalue weighted by molar-refractivity contribution is 5.74. The second-order valence-electron chi connectivity index (χ2n) is 6.94. The number of urea groups is 1. The molecule has 162 valence electrons. The minimum Gasteiger partial charge on any atom is -0.497 e. The number of para-hydroxylation sites is 1. The molecule has 1 saturated heterocycles. The van der Waals surface area contributed by atoms with Crippen molar-refractivity contribution in [2.45, 2.75) is 31.8 Å². The average Bonchev–Trinajstić information content (AvgIpc) is 2.73. The molecule has 2 aromatic rings. The number of alkyl halides is 3. The molecule has 1 aliphatic heterocycles. The number of benzene rings is 2. The fraction of sp³-hybridized carbons (Fsp3) is 0.381. The number of anilines is 1. The van der Waals surface area contributed by atoms with Crippen molar-refractivity contribution in [3.63, 3.8) is 0 Å². The second kappa shape index (κ2) is 9.60. The van der Waals surface area contributed by atoms with E-state index in [0.717, 1.165) is 37.4 Å². The lowest BCUT2D eigenvalue weighted by Crippen LogP contribution is -2.47. The Balaban J connectivity index is 1.45. The Morgan fingerprint density at radius 3 is 2.40 bits per heavy atom. The van der Waals surface area contributed by atoms with Crippen LogP contribution in [0.2, 0.25) is 0 Å². The summed E-state index contributed by atoms with van der Waals surface area (Å²) in [6.07, 6.45) is -3.24. The Morgan fingerprint density at radius 1 is 1.10 bits per heavy atom. The largest absolute Gasteiger partial charge is 0.573 e. The lowest BCUT2D eigenvalue weighted by atomic mass is 10.0. The number of rotatable bonds is 6. The van der Waals surface area contributed by atoms with Crippen molar-refractivity contribution in [3.05, 3.63) is 54.1 Å². The molecule has 0 aliphatic carbocycles. The lowest BCUT2D eigenvalue weighted by Gasteiger charge is -2.34. The molecule has 0 aromatic heterocycles. The molecular formula is C21H24F3N3O3. The molecular weight excluding hydrogens is 399 g/mol. The molecule has 6 nitrogen and oxygen atoms in total. The smallest absolute Gasteiger partial charge is 0.497 e. The maximum atomic E-state index is 12.5. The van der Waals surface area contributed by atoms with Crippen molar-refractivity contribution < 1.29 is 27.4 Å². The highest BCUT2D eigenvalue weighted by atomic mass is 19.4. The van der Waals surface area contributed by atoms with Gasteiger partial charge in [0, 0.05) is 36.9 Å². The monoisotopic (exact) mass is 423 g/mol. The first-order valence-electron chi connectivity index (χ1n) is 9.61. The number of nitrogens with zero attached hydrogens (tertiary/aromatic N) is 1. The zero-order chi connectivity index (χ0) is 21.6. The summed E-state index contributed by atoms with van der Waals surface area (Å²) < 4.78 is 46.6. The Labute approximate surface area is 173 Å². The predicted molar refractivity (Wildman–Crippen MR) is 107 cm³/mol. The van der Waals surface area contributed by atoms with Gasteiger partial charge < -0.3 is 25.0 Å². The van der Waals surface area contributed by atoms with Crippen LogP contribution in [0, 0.1) is 0 Å². The van der Waals surface area contributed by atoms with E-state index in [4.69, 9.17) is 4.74 Å². The van der Waals surface area contributed by atoms with E-state index in [2.05, 4.69) is 20.3 Å². The zero-order valence-corrected chi connectivity index (χ0v) is 16.5. The molecule has 0 atom stereocenters. The van der Waals surface area contributed by atoms with E-state index in [1.54, 1.807) is 13.2 Å². The van der Waals surface area contributed by atoms with E-state index in [1.165, 1.54) is 18.2 Å². The fourth-order valence-corrected chi connectivity index (χ4v) is 3.36. The summed E-state index contributed by atoms with van der Waals surface area (Å²) in [6, 6.07) is 13.1. The van der Waals surface area contributed by atoms with Crippen molar-refractivity contribution in [1.82, 2.24) is 10.6 Å². The molecule has 30 heavy (non-hydrogen) atoms. The maximum Gasteiger partial charge on any atom is 0.573 e. The van der Waals surface area contributed by atoms with E-state index < -0.39 is 12.4 Å². The quantitative estimate of drug-likeness (QED) is 0.736. The van der Waals surface area contributed by atoms with Crippen LogP contribution >= 0.6 is 0 Å². The molecule has 0 spiro atoms. The second-order valence-corrected chi connectivity index (χ2v) is 6.94. The van der Waals surface area contributed by atoms with Crippen LogP contribution in [-0.4, -0.2) is 38.6 Å². The van der Waals surface area contributed by atoms with Gasteiger partial charge >= 0.3 is 12.4 Å². The van der Waals surface area contributed by atoms with E-state index in [-0.39, 0.29) is 23.9 Å². The van der Waals surface area contributed by atoms with Crippen LogP contribution in [0.15, 0.2) is 48.5 Å². The minimum atomic E-state index is -4.78. The van der Waals surface area contributed by atoms with Gasteiger partial charge in [0.05, 0.1) is 7.11 Å². The summed E-state index contributed by atoms with van der Waals surface area (Å²) >= 11 is 0. The minimum absolute atomic E-state index is 0.00108. The molecule has 9 heteroatoms. The number of ether oxygens (including phenoxy) is 2. The van der Waals surface area contributed by atoms with Crippen LogP contribution in [0.3, 0.4) is 0 Å². The van der Waals surface area contributed by atoms with Crippen LogP contribution in [0.5, 0.6) is 11.5 Å². The molecule has 0 saturated carbocycles. The van der Waals surface area contributed by atoms with E-state index in [0.29, 0.717) is 0 Å². The van der Waals surface area contributed by atoms with Gasteiger partial charge in [0.2, 0.25) is 0 Å². The van der Waals surface area contributed by atoms with Crippen LogP contribution in [0.1, 0.15) is 18.4 Å². The highest BCUT2D eigenvalue weighted by Crippen LogP contribution is 2.26. The third kappa shape index (κ3) is 6.20. The van der Waals surface area contributed by atoms with E-state index >= 15 is 0 Å². The number of carbonyl (C=O) groups excluding carboxylic acids is 1. The highest BCUT2D eigenvalue weighted by Gasteiger charge is 2.32. The SMILES string of the molecule is COc1ccc(N2CCC(NC(=O)NCc3ccccc3OC(F)(F)F)CC2)cc1. The third-order valence-corrected chi connectivity index (χ3v) is 4.91. The van der Waals surface area contributed by atoms with Crippen molar-refractivity contribution in [1.29, 1.82) is 0 Å². The van der Waals surface area contributed by atoms with Crippen LogP contribution in [-0.2, 0) is 6.54 Å². The summed E-state index contributed by atoms with van der Waals surface area (Å²) in [7, 11) is 1.62. The molecule has 1 fully saturated rings. The van der Waals surface area contributed by atoms with Crippen molar-refractivity contribution in [3.8, 4) is 11.5 Å². The van der Waals surface area contributed by atoms with Crippen LogP contribution in [0.25, 0.3) is 0 Å². The van der Waals surface area contributed by atoms with Gasteiger partial charge in [-0.15, -0.1) is 13.2 Å². The number of hydrogen-bond donors (Lipinski definition) is 2. The molecule has 3 rings (SSSR count). The molecule has 2 amide bonds. The van der Waals surface area contributed by atoms with Gasteiger partial charge in [-0.3, -0.25) is 0 Å². The van der Waals surface area contributed by atoms with Gasteiger partial charge in [-0.2, -0.15) is 0 Å². The predicted octanol–water partition coefficient (Wildman–Crippen LogP) is 4.06. The van der Waals surface area contributed by atoms with Crippen LogP contribution in [0.4, 0.5) is 23.7 Å². The Morgan fingerprint density at radius 2 is 1.77 bits per heavy atom. The first-order chi connectivity index (χ1) is 14.3. The zero-order valence-electron chi connectivity index (χ0n) is 16.5. The van der Waals surface area contributed by atoms with Gasteiger partial charge in [-0.1, -0.05) is 18.2 Å². The van der Waals surface area contributed by atoms with Gasteiger partial charge in [0.1, 0.15) is 11.5 Å². The summed E-state index contributed by atoms with van der Waals surface area (Å²) in [5, 5.41) is 5.49. The molecule has 0 radical (unpaired) electrons. The normalized spacial score (nSPS) is 14.9. The number of halogens is 3. The lowest BCUT2D eigenvalue weighted by molar-refractivity contribution is -0.274. The van der Waals surface area contributed by atoms with Crippen molar-refractivity contribution in [2.24, 2.45) is 0 Å². The molecule has 0 unspecified atom stereocenters. The number of nitrogens with one attached hydrogen (secondary N) is 2. The molecule has 2 N–H and O–H groups in total. The molecule has 0 bridgehead atoms. The van der Waals surface area contributed by atoms with E-state index in [9.17, 15) is 18.0 Å². The molecule has 1 heterocycles. The number of carbonyl (C=O) groups is 1. The molecule has 2 aromatic carbocycles. The summed E-state index contributed by atoms with van der Waals surface area (Å²) in [4.78, 5) is 14.4. The Kier molecular flexibility index (Phi) is 6.91.